The number of ether oxygens (including phenoxy) is 1. The number of hydrogen-bond acceptors (Lipinski definition) is 5. The number of hydrogen-bond donors (Lipinski definition) is 0. The zero-order valence-electron chi connectivity index (χ0n) is 17.7. The molecule has 0 N–H and O–H groups in total. The van der Waals surface area contributed by atoms with Gasteiger partial charge in [-0.15, -0.1) is 0 Å². The molecule has 2 atom stereocenters. The smallest absolute Gasteiger partial charge is 0.291 e. The Hall–Kier alpha value is -3.45. The molecule has 2 aromatic carbocycles. The van der Waals surface area contributed by atoms with Crippen molar-refractivity contribution in [2.45, 2.75) is 31.4 Å². The van der Waals surface area contributed by atoms with Gasteiger partial charge in [-0.05, 0) is 38.0 Å². The highest BCUT2D eigenvalue weighted by molar-refractivity contribution is 6.17. The first kappa shape index (κ1) is 19.3. The van der Waals surface area contributed by atoms with Gasteiger partial charge in [-0.3, -0.25) is 14.4 Å². The lowest BCUT2D eigenvalue weighted by Gasteiger charge is -2.35. The molecule has 0 radical (unpaired) electrons. The second kappa shape index (κ2) is 6.77. The second-order valence-corrected chi connectivity index (χ2v) is 8.46. The highest BCUT2D eigenvalue weighted by Crippen LogP contribution is 2.52. The quantitative estimate of drug-likeness (QED) is 0.638. The van der Waals surface area contributed by atoms with Crippen molar-refractivity contribution in [2.24, 2.45) is 0 Å². The Balaban J connectivity index is 1.70. The first-order valence-electron chi connectivity index (χ1n) is 11.0. The molecule has 7 heteroatoms. The van der Waals surface area contributed by atoms with Crippen molar-refractivity contribution in [3.05, 3.63) is 75.6 Å². The first-order chi connectivity index (χ1) is 15.6. The largest absolute Gasteiger partial charge is 0.450 e. The van der Waals surface area contributed by atoms with Crippen LogP contribution in [0.25, 0.3) is 11.0 Å². The van der Waals surface area contributed by atoms with Crippen molar-refractivity contribution in [1.82, 2.24) is 4.90 Å². The van der Waals surface area contributed by atoms with E-state index in [4.69, 9.17) is 9.15 Å². The Labute approximate surface area is 184 Å². The topological polar surface area (TPSA) is 80.1 Å². The van der Waals surface area contributed by atoms with Gasteiger partial charge < -0.3 is 19.0 Å². The van der Waals surface area contributed by atoms with Crippen LogP contribution < -0.4 is 10.3 Å². The highest BCUT2D eigenvalue weighted by Gasteiger charge is 2.65. The van der Waals surface area contributed by atoms with Gasteiger partial charge in [0.25, 0.3) is 11.8 Å². The number of carbonyl (C=O) groups excluding carboxylic acids is 2. The summed E-state index contributed by atoms with van der Waals surface area (Å²) in [5, 5.41) is 0.359. The SMILES string of the molecule is CCN1C(=O)[C@@]2(c3ccccc31)c1c(oc3ccccc3c1=O)C(=O)N2C[C@H]1CCCO1. The molecular formula is C25H22N2O5. The van der Waals surface area contributed by atoms with Crippen LogP contribution in [-0.4, -0.2) is 42.5 Å². The molecule has 3 aliphatic rings. The van der Waals surface area contributed by atoms with Crippen LogP contribution in [0.4, 0.5) is 5.69 Å². The zero-order valence-corrected chi connectivity index (χ0v) is 17.7. The van der Waals surface area contributed by atoms with Crippen LogP contribution in [0.3, 0.4) is 0 Å². The van der Waals surface area contributed by atoms with Crippen molar-refractivity contribution in [3.63, 3.8) is 0 Å². The summed E-state index contributed by atoms with van der Waals surface area (Å²) in [6.45, 7) is 3.16. The number of rotatable bonds is 3. The molecule has 0 aliphatic carbocycles. The number of nitrogens with zero attached hydrogens (tertiary/aromatic N) is 2. The maximum Gasteiger partial charge on any atom is 0.291 e. The number of likely N-dealkylation sites (N-methyl/N-ethyl adjacent to an activating group) is 1. The van der Waals surface area contributed by atoms with Crippen LogP contribution >= 0.6 is 0 Å². The summed E-state index contributed by atoms with van der Waals surface area (Å²) in [6, 6.07) is 14.2. The van der Waals surface area contributed by atoms with Gasteiger partial charge in [0.15, 0.2) is 11.0 Å². The van der Waals surface area contributed by atoms with Crippen LogP contribution in [0.15, 0.2) is 57.7 Å². The molecule has 0 saturated carbocycles. The fourth-order valence-corrected chi connectivity index (χ4v) is 5.49. The molecule has 3 aromatic rings. The fraction of sp³-hybridized carbons (Fsp3) is 0.320. The Bertz CT molecular complexity index is 1340. The summed E-state index contributed by atoms with van der Waals surface area (Å²) in [6.07, 6.45) is 1.51. The van der Waals surface area contributed by atoms with Crippen LogP contribution in [0.1, 0.15) is 41.4 Å². The number of anilines is 1. The third-order valence-electron chi connectivity index (χ3n) is 6.87. The lowest BCUT2D eigenvalue weighted by Crippen LogP contribution is -2.55. The molecule has 1 fully saturated rings. The van der Waals surface area contributed by atoms with E-state index in [0.29, 0.717) is 35.4 Å². The first-order valence-corrected chi connectivity index (χ1v) is 11.0. The van der Waals surface area contributed by atoms with Gasteiger partial charge >= 0.3 is 0 Å². The molecule has 1 spiro atoms. The summed E-state index contributed by atoms with van der Waals surface area (Å²) in [7, 11) is 0. The Morgan fingerprint density at radius 1 is 1.06 bits per heavy atom. The monoisotopic (exact) mass is 430 g/mol. The predicted octanol–water partition coefficient (Wildman–Crippen LogP) is 3.04. The molecule has 0 unspecified atom stereocenters. The lowest BCUT2D eigenvalue weighted by molar-refractivity contribution is -0.126. The third-order valence-corrected chi connectivity index (χ3v) is 6.87. The Kier molecular flexibility index (Phi) is 4.07. The van der Waals surface area contributed by atoms with Crippen molar-refractivity contribution in [1.29, 1.82) is 0 Å². The van der Waals surface area contributed by atoms with Gasteiger partial charge in [0.05, 0.1) is 22.7 Å². The van der Waals surface area contributed by atoms with Crippen molar-refractivity contribution < 1.29 is 18.7 Å². The van der Waals surface area contributed by atoms with Crippen LogP contribution in [0.2, 0.25) is 0 Å². The summed E-state index contributed by atoms with van der Waals surface area (Å²) in [5.41, 5.74) is -0.0797. The molecule has 3 aliphatic heterocycles. The minimum absolute atomic E-state index is 0.0483. The lowest BCUT2D eigenvalue weighted by atomic mass is 9.83. The minimum Gasteiger partial charge on any atom is -0.450 e. The van der Waals surface area contributed by atoms with Gasteiger partial charge in [-0.1, -0.05) is 30.3 Å². The van der Waals surface area contributed by atoms with Crippen molar-refractivity contribution >= 4 is 28.5 Å². The van der Waals surface area contributed by atoms with E-state index in [1.165, 1.54) is 4.90 Å². The van der Waals surface area contributed by atoms with Crippen molar-refractivity contribution in [2.75, 3.05) is 24.6 Å². The van der Waals surface area contributed by atoms with E-state index in [-0.39, 0.29) is 35.3 Å². The minimum atomic E-state index is -1.55. The van der Waals surface area contributed by atoms with E-state index in [2.05, 4.69) is 0 Å². The summed E-state index contributed by atoms with van der Waals surface area (Å²) < 4.78 is 11.8. The maximum atomic E-state index is 14.1. The summed E-state index contributed by atoms with van der Waals surface area (Å²) >= 11 is 0. The molecule has 6 rings (SSSR count). The highest BCUT2D eigenvalue weighted by atomic mass is 16.5. The van der Waals surface area contributed by atoms with Gasteiger partial charge in [-0.25, -0.2) is 0 Å². The van der Waals surface area contributed by atoms with Gasteiger partial charge in [0.2, 0.25) is 5.76 Å². The molecule has 7 nitrogen and oxygen atoms in total. The number of fused-ring (bicyclic) bond motifs is 5. The fourth-order valence-electron chi connectivity index (χ4n) is 5.49. The molecule has 162 valence electrons. The number of amides is 2. The van der Waals surface area contributed by atoms with Gasteiger partial charge in [0, 0.05) is 25.3 Å². The second-order valence-electron chi connectivity index (χ2n) is 8.46. The van der Waals surface area contributed by atoms with E-state index < -0.39 is 11.4 Å². The van der Waals surface area contributed by atoms with Crippen LogP contribution in [0, 0.1) is 0 Å². The third kappa shape index (κ3) is 2.26. The Morgan fingerprint density at radius 3 is 2.62 bits per heavy atom. The number of carbonyl (C=O) groups is 2. The normalized spacial score (nSPS) is 24.1. The van der Waals surface area contributed by atoms with E-state index in [9.17, 15) is 14.4 Å². The molecule has 4 heterocycles. The molecule has 1 aromatic heterocycles. The number of para-hydroxylation sites is 2. The van der Waals surface area contributed by atoms with Gasteiger partial charge in [0.1, 0.15) is 5.58 Å². The summed E-state index contributed by atoms with van der Waals surface area (Å²) in [5.74, 6) is -0.791. The molecule has 2 amide bonds. The predicted molar refractivity (Wildman–Crippen MR) is 118 cm³/mol. The van der Waals surface area contributed by atoms with Crippen molar-refractivity contribution in [3.8, 4) is 0 Å². The molecule has 1 saturated heterocycles. The van der Waals surface area contributed by atoms with E-state index >= 15 is 0 Å². The molecule has 32 heavy (non-hydrogen) atoms. The molecular weight excluding hydrogens is 408 g/mol. The van der Waals surface area contributed by atoms with E-state index in [1.807, 2.05) is 31.2 Å². The van der Waals surface area contributed by atoms with Crippen LogP contribution in [-0.2, 0) is 15.1 Å². The van der Waals surface area contributed by atoms with Gasteiger partial charge in [-0.2, -0.15) is 0 Å². The van der Waals surface area contributed by atoms with E-state index in [0.717, 1.165) is 12.8 Å². The van der Waals surface area contributed by atoms with E-state index in [1.54, 1.807) is 29.2 Å². The zero-order chi connectivity index (χ0) is 22.0. The average Bonchev–Trinajstić information content (AvgIpc) is 3.47. The Morgan fingerprint density at radius 2 is 1.84 bits per heavy atom. The molecule has 0 bridgehead atoms. The van der Waals surface area contributed by atoms with Crippen LogP contribution in [0.5, 0.6) is 0 Å². The average molecular weight is 430 g/mol. The summed E-state index contributed by atoms with van der Waals surface area (Å²) in [4.78, 5) is 44.9. The maximum absolute atomic E-state index is 14.1. The standard InChI is InChI=1S/C25H22N2O5/c1-2-26-18-11-5-4-10-17(18)25(24(26)30)20-21(28)16-9-3-6-12-19(16)32-22(20)23(29)27(25)14-15-8-7-13-31-15/h3-6,9-12,15H,2,7-8,13-14H2,1H3/t15-,25-/m1/s1. The number of benzene rings is 2.